The molecular weight excluding hydrogens is 244 g/mol. The molecule has 3 heteroatoms. The van der Waals surface area contributed by atoms with E-state index < -0.39 is 0 Å². The van der Waals surface area contributed by atoms with Crippen LogP contribution in [0.2, 0.25) is 0 Å². The van der Waals surface area contributed by atoms with E-state index >= 15 is 0 Å². The number of carbonyl (C=O) groups excluding carboxylic acids is 1. The van der Waals surface area contributed by atoms with Gasteiger partial charge in [0.1, 0.15) is 12.4 Å². The van der Waals surface area contributed by atoms with Crippen LogP contribution in [0.15, 0.2) is 24.3 Å². The number of benzene rings is 1. The molecule has 2 rings (SSSR count). The summed E-state index contributed by atoms with van der Waals surface area (Å²) >= 11 is 1.51. The van der Waals surface area contributed by atoms with E-state index in [1.165, 1.54) is 16.9 Å². The third kappa shape index (κ3) is 2.79. The molecule has 0 unspecified atom stereocenters. The molecule has 0 aliphatic heterocycles. The number of rotatable bonds is 4. The van der Waals surface area contributed by atoms with Crippen molar-refractivity contribution in [3.8, 4) is 5.75 Å². The molecular formula is C15H16O2S. The summed E-state index contributed by atoms with van der Waals surface area (Å²) in [6.07, 6.45) is 0.888. The highest BCUT2D eigenvalue weighted by atomic mass is 32.1. The number of hydrogen-bond acceptors (Lipinski definition) is 3. The molecule has 0 aliphatic rings. The smallest absolute Gasteiger partial charge is 0.160 e. The second kappa shape index (κ2) is 5.36. The van der Waals surface area contributed by atoms with Gasteiger partial charge in [-0.25, -0.2) is 0 Å². The third-order valence-electron chi connectivity index (χ3n) is 2.88. The fraction of sp³-hybridized carbons (Fsp3) is 0.267. The van der Waals surface area contributed by atoms with Crippen LogP contribution < -0.4 is 4.74 Å². The highest BCUT2D eigenvalue weighted by Gasteiger charge is 2.07. The van der Waals surface area contributed by atoms with E-state index in [0.717, 1.165) is 32.9 Å². The third-order valence-corrected chi connectivity index (χ3v) is 3.90. The fourth-order valence-electron chi connectivity index (χ4n) is 1.76. The first-order valence-corrected chi connectivity index (χ1v) is 6.66. The molecule has 0 radical (unpaired) electrons. The van der Waals surface area contributed by atoms with Gasteiger partial charge >= 0.3 is 0 Å². The monoisotopic (exact) mass is 260 g/mol. The van der Waals surface area contributed by atoms with Crippen LogP contribution in [0, 0.1) is 20.8 Å². The first kappa shape index (κ1) is 12.8. The van der Waals surface area contributed by atoms with Crippen molar-refractivity contribution in [2.24, 2.45) is 0 Å². The molecule has 1 aromatic carbocycles. The van der Waals surface area contributed by atoms with Gasteiger partial charge in [-0.3, -0.25) is 4.79 Å². The maximum atomic E-state index is 10.7. The summed E-state index contributed by atoms with van der Waals surface area (Å²) in [4.78, 5) is 12.6. The van der Waals surface area contributed by atoms with E-state index in [1.807, 2.05) is 32.9 Å². The molecule has 1 heterocycles. The Balaban J connectivity index is 2.13. The lowest BCUT2D eigenvalue weighted by Gasteiger charge is -2.09. The molecule has 1 aromatic heterocycles. The van der Waals surface area contributed by atoms with Gasteiger partial charge in [-0.1, -0.05) is 12.1 Å². The van der Waals surface area contributed by atoms with Crippen molar-refractivity contribution in [1.82, 2.24) is 0 Å². The Hall–Kier alpha value is -1.61. The van der Waals surface area contributed by atoms with E-state index in [0.29, 0.717) is 6.61 Å². The minimum absolute atomic E-state index is 0.514. The van der Waals surface area contributed by atoms with Crippen LogP contribution >= 0.6 is 11.3 Å². The quantitative estimate of drug-likeness (QED) is 0.775. The van der Waals surface area contributed by atoms with Gasteiger partial charge in [0.15, 0.2) is 6.29 Å². The van der Waals surface area contributed by atoms with Crippen LogP contribution in [0.4, 0.5) is 0 Å². The maximum Gasteiger partial charge on any atom is 0.160 e. The van der Waals surface area contributed by atoms with Gasteiger partial charge in [-0.05, 0) is 44.0 Å². The zero-order chi connectivity index (χ0) is 13.1. The van der Waals surface area contributed by atoms with E-state index in [-0.39, 0.29) is 0 Å². The van der Waals surface area contributed by atoms with E-state index in [9.17, 15) is 4.79 Å². The summed E-state index contributed by atoms with van der Waals surface area (Å²) in [7, 11) is 0. The number of ether oxygens (including phenoxy) is 1. The van der Waals surface area contributed by atoms with Gasteiger partial charge in [-0.15, -0.1) is 11.3 Å². The molecule has 2 aromatic rings. The summed E-state index contributed by atoms with van der Waals surface area (Å²) in [6.45, 7) is 6.61. The van der Waals surface area contributed by atoms with Crippen molar-refractivity contribution in [3.05, 3.63) is 50.7 Å². The zero-order valence-electron chi connectivity index (χ0n) is 10.8. The zero-order valence-corrected chi connectivity index (χ0v) is 11.6. The normalized spacial score (nSPS) is 10.4. The molecule has 94 valence electrons. The van der Waals surface area contributed by atoms with Crippen LogP contribution in [-0.4, -0.2) is 6.29 Å². The standard InChI is InChI=1S/C15H16O2S/c1-10-4-5-11(2)15(6-10)17-9-13-7-14(8-16)18-12(13)3/h4-8H,9H2,1-3H3. The highest BCUT2D eigenvalue weighted by molar-refractivity contribution is 7.13. The molecule has 0 amide bonds. The number of carbonyl (C=O) groups is 1. The van der Waals surface area contributed by atoms with Crippen molar-refractivity contribution < 1.29 is 9.53 Å². The van der Waals surface area contributed by atoms with E-state index in [4.69, 9.17) is 4.74 Å². The minimum Gasteiger partial charge on any atom is -0.489 e. The topological polar surface area (TPSA) is 26.3 Å². The number of hydrogen-bond donors (Lipinski definition) is 0. The second-order valence-electron chi connectivity index (χ2n) is 4.41. The Labute approximate surface area is 111 Å². The van der Waals surface area contributed by atoms with Crippen LogP contribution in [0.3, 0.4) is 0 Å². The fourth-order valence-corrected chi connectivity index (χ4v) is 2.62. The van der Waals surface area contributed by atoms with Crippen molar-refractivity contribution >= 4 is 17.6 Å². The molecule has 0 aliphatic carbocycles. The van der Waals surface area contributed by atoms with Gasteiger partial charge in [-0.2, -0.15) is 0 Å². The summed E-state index contributed by atoms with van der Waals surface area (Å²) in [5.41, 5.74) is 3.40. The van der Waals surface area contributed by atoms with E-state index in [2.05, 4.69) is 12.1 Å². The van der Waals surface area contributed by atoms with E-state index in [1.54, 1.807) is 0 Å². The largest absolute Gasteiger partial charge is 0.489 e. The Morgan fingerprint density at radius 2 is 2.00 bits per heavy atom. The first-order chi connectivity index (χ1) is 8.60. The summed E-state index contributed by atoms with van der Waals surface area (Å²) in [6, 6.07) is 8.07. The van der Waals surface area contributed by atoms with Crippen LogP contribution in [-0.2, 0) is 6.61 Å². The molecule has 0 fully saturated rings. The van der Waals surface area contributed by atoms with Crippen molar-refractivity contribution in [2.75, 3.05) is 0 Å². The maximum absolute atomic E-state index is 10.7. The molecule has 0 N–H and O–H groups in total. The van der Waals surface area contributed by atoms with Crippen molar-refractivity contribution in [1.29, 1.82) is 0 Å². The number of aldehydes is 1. The second-order valence-corrected chi connectivity index (χ2v) is 5.69. The predicted molar refractivity (Wildman–Crippen MR) is 74.7 cm³/mol. The predicted octanol–water partition coefficient (Wildman–Crippen LogP) is 4.06. The highest BCUT2D eigenvalue weighted by Crippen LogP contribution is 2.24. The molecule has 0 atom stereocenters. The molecule has 0 spiro atoms. The Morgan fingerprint density at radius 3 is 2.67 bits per heavy atom. The average molecular weight is 260 g/mol. The number of aryl methyl sites for hydroxylation is 3. The van der Waals surface area contributed by atoms with Crippen LogP contribution in [0.5, 0.6) is 5.75 Å². The van der Waals surface area contributed by atoms with Gasteiger partial charge in [0.25, 0.3) is 0 Å². The van der Waals surface area contributed by atoms with Crippen LogP contribution in [0.25, 0.3) is 0 Å². The average Bonchev–Trinajstić information content (AvgIpc) is 2.71. The van der Waals surface area contributed by atoms with Crippen molar-refractivity contribution in [3.63, 3.8) is 0 Å². The van der Waals surface area contributed by atoms with Gasteiger partial charge in [0.2, 0.25) is 0 Å². The molecule has 0 bridgehead atoms. The van der Waals surface area contributed by atoms with Gasteiger partial charge in [0, 0.05) is 10.4 Å². The molecule has 18 heavy (non-hydrogen) atoms. The Bertz CT molecular complexity index is 570. The lowest BCUT2D eigenvalue weighted by Crippen LogP contribution is -1.97. The molecule has 2 nitrogen and oxygen atoms in total. The first-order valence-electron chi connectivity index (χ1n) is 5.84. The Kier molecular flexibility index (Phi) is 3.82. The van der Waals surface area contributed by atoms with Gasteiger partial charge in [0.05, 0.1) is 4.88 Å². The summed E-state index contributed by atoms with van der Waals surface area (Å²) in [5.74, 6) is 0.910. The van der Waals surface area contributed by atoms with Gasteiger partial charge < -0.3 is 4.74 Å². The Morgan fingerprint density at radius 1 is 1.22 bits per heavy atom. The minimum atomic E-state index is 0.514. The summed E-state index contributed by atoms with van der Waals surface area (Å²) < 4.78 is 5.83. The molecule has 0 saturated heterocycles. The van der Waals surface area contributed by atoms with Crippen molar-refractivity contribution in [2.45, 2.75) is 27.4 Å². The summed E-state index contributed by atoms with van der Waals surface area (Å²) in [5, 5.41) is 0. The lowest BCUT2D eigenvalue weighted by molar-refractivity contribution is 0.112. The SMILES string of the molecule is Cc1ccc(C)c(OCc2cc(C=O)sc2C)c1. The van der Waals surface area contributed by atoms with Crippen LogP contribution in [0.1, 0.15) is 31.2 Å². The number of thiophene rings is 1. The molecule has 0 saturated carbocycles. The lowest BCUT2D eigenvalue weighted by atomic mass is 10.1.